The third-order valence-corrected chi connectivity index (χ3v) is 3.37. The molecule has 2 nitrogen and oxygen atoms in total. The van der Waals surface area contributed by atoms with E-state index in [0.717, 1.165) is 25.9 Å². The van der Waals surface area contributed by atoms with Gasteiger partial charge in [0.15, 0.2) is 0 Å². The zero-order chi connectivity index (χ0) is 13.6. The van der Waals surface area contributed by atoms with Crippen molar-refractivity contribution in [1.29, 1.82) is 0 Å². The largest absolute Gasteiger partial charge is 0.412 e. The normalized spacial score (nSPS) is 19.7. The smallest absolute Gasteiger partial charge is 0.315 e. The molecule has 0 saturated carbocycles. The molecule has 0 spiro atoms. The summed E-state index contributed by atoms with van der Waals surface area (Å²) in [6.07, 6.45) is -0.591. The zero-order valence-corrected chi connectivity index (χ0v) is 11.2. The van der Waals surface area contributed by atoms with Crippen molar-refractivity contribution in [1.82, 2.24) is 10.2 Å². The molecule has 1 rings (SSSR count). The summed E-state index contributed by atoms with van der Waals surface area (Å²) in [7, 11) is 0. The van der Waals surface area contributed by atoms with Gasteiger partial charge in [-0.05, 0) is 19.4 Å². The van der Waals surface area contributed by atoms with Crippen LogP contribution in [0.4, 0.5) is 13.2 Å². The van der Waals surface area contributed by atoms with E-state index in [2.05, 4.69) is 17.1 Å². The standard InChI is InChI=1S/C13H23F3N2/c1-3-5-12(10-17-4-2)18-8-6-11(7-9-18)13(14,15)16/h6,12,17H,3-5,7-10H2,1-2H3. The van der Waals surface area contributed by atoms with Gasteiger partial charge < -0.3 is 5.32 Å². The molecule has 5 heteroatoms. The van der Waals surface area contributed by atoms with Crippen LogP contribution in [0.15, 0.2) is 11.6 Å². The van der Waals surface area contributed by atoms with Gasteiger partial charge in [0.1, 0.15) is 0 Å². The van der Waals surface area contributed by atoms with E-state index < -0.39 is 6.18 Å². The summed E-state index contributed by atoms with van der Waals surface area (Å²) in [6.45, 7) is 6.85. The molecule has 0 aromatic heterocycles. The van der Waals surface area contributed by atoms with Gasteiger partial charge in [-0.25, -0.2) is 0 Å². The summed E-state index contributed by atoms with van der Waals surface area (Å²) >= 11 is 0. The summed E-state index contributed by atoms with van der Waals surface area (Å²) in [4.78, 5) is 2.15. The molecule has 1 atom stereocenters. The number of halogens is 3. The van der Waals surface area contributed by atoms with E-state index in [1.165, 1.54) is 6.08 Å². The molecular weight excluding hydrogens is 241 g/mol. The van der Waals surface area contributed by atoms with Crippen LogP contribution in [0.25, 0.3) is 0 Å². The Morgan fingerprint density at radius 3 is 2.56 bits per heavy atom. The monoisotopic (exact) mass is 264 g/mol. The quantitative estimate of drug-likeness (QED) is 0.742. The molecule has 1 N–H and O–H groups in total. The lowest BCUT2D eigenvalue weighted by atomic mass is 10.0. The van der Waals surface area contributed by atoms with Gasteiger partial charge in [0.05, 0.1) is 0 Å². The van der Waals surface area contributed by atoms with E-state index in [-0.39, 0.29) is 12.0 Å². The Hall–Kier alpha value is -0.550. The lowest BCUT2D eigenvalue weighted by molar-refractivity contribution is -0.0964. The maximum absolute atomic E-state index is 12.5. The molecule has 0 aromatic carbocycles. The number of rotatable bonds is 6. The second-order valence-electron chi connectivity index (χ2n) is 4.72. The molecule has 0 bridgehead atoms. The Balaban J connectivity index is 2.55. The first-order chi connectivity index (χ1) is 8.49. The predicted molar refractivity (Wildman–Crippen MR) is 67.6 cm³/mol. The van der Waals surface area contributed by atoms with Crippen molar-refractivity contribution in [3.05, 3.63) is 11.6 Å². The predicted octanol–water partition coefficient (Wildman–Crippen LogP) is 2.96. The molecule has 1 unspecified atom stereocenters. The molecule has 0 aromatic rings. The minimum atomic E-state index is -4.14. The Morgan fingerprint density at radius 1 is 1.39 bits per heavy atom. The SMILES string of the molecule is CCCC(CNCC)N1CC=C(C(F)(F)F)CC1. The van der Waals surface area contributed by atoms with E-state index in [4.69, 9.17) is 0 Å². The minimum absolute atomic E-state index is 0.121. The fourth-order valence-electron chi connectivity index (χ4n) is 2.33. The van der Waals surface area contributed by atoms with E-state index in [0.29, 0.717) is 19.1 Å². The topological polar surface area (TPSA) is 15.3 Å². The van der Waals surface area contributed by atoms with E-state index in [9.17, 15) is 13.2 Å². The van der Waals surface area contributed by atoms with Crippen molar-refractivity contribution < 1.29 is 13.2 Å². The van der Waals surface area contributed by atoms with Crippen molar-refractivity contribution in [2.24, 2.45) is 0 Å². The summed E-state index contributed by atoms with van der Waals surface area (Å²) in [5.41, 5.74) is -0.363. The number of hydrogen-bond acceptors (Lipinski definition) is 2. The molecule has 18 heavy (non-hydrogen) atoms. The molecule has 0 amide bonds. The second kappa shape index (κ2) is 7.14. The summed E-state index contributed by atoms with van der Waals surface area (Å²) in [6, 6.07) is 0.348. The van der Waals surface area contributed by atoms with Crippen LogP contribution >= 0.6 is 0 Å². The Kier molecular flexibility index (Phi) is 6.15. The summed E-state index contributed by atoms with van der Waals surface area (Å²) in [5.74, 6) is 0. The van der Waals surface area contributed by atoms with Crippen LogP contribution < -0.4 is 5.32 Å². The van der Waals surface area contributed by atoms with E-state index in [1.54, 1.807) is 0 Å². The molecule has 0 saturated heterocycles. The number of likely N-dealkylation sites (N-methyl/N-ethyl adjacent to an activating group) is 1. The van der Waals surface area contributed by atoms with Gasteiger partial charge >= 0.3 is 6.18 Å². The molecule has 1 aliphatic rings. The lowest BCUT2D eigenvalue weighted by Gasteiger charge is -2.34. The van der Waals surface area contributed by atoms with E-state index >= 15 is 0 Å². The number of nitrogens with one attached hydrogen (secondary N) is 1. The molecule has 1 aliphatic heterocycles. The molecular formula is C13H23F3N2. The van der Waals surface area contributed by atoms with Gasteiger partial charge in [-0.2, -0.15) is 13.2 Å². The van der Waals surface area contributed by atoms with Crippen molar-refractivity contribution in [2.45, 2.75) is 45.3 Å². The fraction of sp³-hybridized carbons (Fsp3) is 0.846. The average Bonchev–Trinajstić information content (AvgIpc) is 2.33. The molecule has 0 fully saturated rings. The van der Waals surface area contributed by atoms with Crippen LogP contribution in [0, 0.1) is 0 Å². The Morgan fingerprint density at radius 2 is 2.11 bits per heavy atom. The first-order valence-electron chi connectivity index (χ1n) is 6.70. The number of hydrogen-bond donors (Lipinski definition) is 1. The third-order valence-electron chi connectivity index (χ3n) is 3.37. The van der Waals surface area contributed by atoms with Gasteiger partial charge in [0.25, 0.3) is 0 Å². The van der Waals surface area contributed by atoms with Gasteiger partial charge in [-0.15, -0.1) is 0 Å². The van der Waals surface area contributed by atoms with Crippen molar-refractivity contribution in [3.63, 3.8) is 0 Å². The number of nitrogens with zero attached hydrogens (tertiary/aromatic N) is 1. The van der Waals surface area contributed by atoms with Crippen molar-refractivity contribution >= 4 is 0 Å². The first kappa shape index (κ1) is 15.5. The molecule has 0 aliphatic carbocycles. The van der Waals surface area contributed by atoms with Crippen LogP contribution in [0.1, 0.15) is 33.1 Å². The van der Waals surface area contributed by atoms with Crippen molar-refractivity contribution in [2.75, 3.05) is 26.2 Å². The first-order valence-corrected chi connectivity index (χ1v) is 6.70. The molecule has 0 radical (unpaired) electrons. The van der Waals surface area contributed by atoms with Crippen LogP contribution in [-0.4, -0.2) is 43.3 Å². The van der Waals surface area contributed by atoms with Gasteiger partial charge in [0.2, 0.25) is 0 Å². The fourth-order valence-corrected chi connectivity index (χ4v) is 2.33. The maximum atomic E-state index is 12.5. The van der Waals surface area contributed by atoms with Crippen molar-refractivity contribution in [3.8, 4) is 0 Å². The van der Waals surface area contributed by atoms with Crippen LogP contribution in [0.3, 0.4) is 0 Å². The highest BCUT2D eigenvalue weighted by Gasteiger charge is 2.35. The van der Waals surface area contributed by atoms with Crippen LogP contribution in [-0.2, 0) is 0 Å². The lowest BCUT2D eigenvalue weighted by Crippen LogP contribution is -2.45. The maximum Gasteiger partial charge on any atom is 0.412 e. The number of alkyl halides is 3. The van der Waals surface area contributed by atoms with Crippen LogP contribution in [0.2, 0.25) is 0 Å². The molecule has 106 valence electrons. The van der Waals surface area contributed by atoms with Gasteiger partial charge in [0, 0.05) is 31.2 Å². The average molecular weight is 264 g/mol. The van der Waals surface area contributed by atoms with Gasteiger partial charge in [-0.1, -0.05) is 26.3 Å². The highest BCUT2D eigenvalue weighted by Crippen LogP contribution is 2.30. The van der Waals surface area contributed by atoms with Crippen LogP contribution in [0.5, 0.6) is 0 Å². The van der Waals surface area contributed by atoms with Gasteiger partial charge in [-0.3, -0.25) is 4.90 Å². The zero-order valence-electron chi connectivity index (χ0n) is 11.2. The second-order valence-corrected chi connectivity index (χ2v) is 4.72. The minimum Gasteiger partial charge on any atom is -0.315 e. The summed E-state index contributed by atoms with van der Waals surface area (Å²) < 4.78 is 37.6. The highest BCUT2D eigenvalue weighted by molar-refractivity contribution is 5.13. The summed E-state index contributed by atoms with van der Waals surface area (Å²) in [5, 5.41) is 3.29. The Labute approximate surface area is 107 Å². The molecule has 1 heterocycles. The third kappa shape index (κ3) is 4.61. The Bertz CT molecular complexity index is 274. The van der Waals surface area contributed by atoms with E-state index in [1.807, 2.05) is 6.92 Å². The highest BCUT2D eigenvalue weighted by atomic mass is 19.4.